The van der Waals surface area contributed by atoms with Gasteiger partial charge in [0.2, 0.25) is 0 Å². The summed E-state index contributed by atoms with van der Waals surface area (Å²) >= 11 is 0. The van der Waals surface area contributed by atoms with Gasteiger partial charge in [0.05, 0.1) is 13.2 Å². The Morgan fingerprint density at radius 1 is 1.23 bits per heavy atom. The summed E-state index contributed by atoms with van der Waals surface area (Å²) in [6.07, 6.45) is 8.26. The van der Waals surface area contributed by atoms with Crippen molar-refractivity contribution in [2.45, 2.75) is 38.5 Å². The van der Waals surface area contributed by atoms with Crippen molar-refractivity contribution in [2.75, 3.05) is 45.9 Å². The molecule has 1 heterocycles. The second-order valence-corrected chi connectivity index (χ2v) is 7.22. The summed E-state index contributed by atoms with van der Waals surface area (Å²) in [6, 6.07) is 0. The van der Waals surface area contributed by atoms with Gasteiger partial charge in [-0.3, -0.25) is 9.89 Å². The van der Waals surface area contributed by atoms with Gasteiger partial charge in [0.1, 0.15) is 0 Å². The van der Waals surface area contributed by atoms with E-state index >= 15 is 0 Å². The second-order valence-electron chi connectivity index (χ2n) is 7.22. The summed E-state index contributed by atoms with van der Waals surface area (Å²) < 4.78 is 5.35. The molecule has 3 atom stereocenters. The molecule has 3 rings (SSSR count). The lowest BCUT2D eigenvalue weighted by atomic mass is 9.86. The molecule has 3 aliphatic rings. The lowest BCUT2D eigenvalue weighted by Gasteiger charge is -2.26. The number of nitrogens with zero attached hydrogens (tertiary/aromatic N) is 2. The van der Waals surface area contributed by atoms with E-state index < -0.39 is 0 Å². The number of morpholine rings is 1. The summed E-state index contributed by atoms with van der Waals surface area (Å²) in [7, 11) is 0. The molecule has 3 N–H and O–H groups in total. The minimum atomic E-state index is 0.630. The van der Waals surface area contributed by atoms with Crippen molar-refractivity contribution in [3.05, 3.63) is 0 Å². The first-order valence-corrected chi connectivity index (χ1v) is 9.15. The predicted octanol–water partition coefficient (Wildman–Crippen LogP) is 1.44. The largest absolute Gasteiger partial charge is 0.379 e. The second kappa shape index (κ2) is 8.16. The molecule has 3 unspecified atom stereocenters. The average molecular weight is 308 g/mol. The molecule has 0 aromatic heterocycles. The molecule has 2 aliphatic carbocycles. The lowest BCUT2D eigenvalue weighted by molar-refractivity contribution is 0.0377. The number of aliphatic imine (C=N–C) groups is 1. The number of nitrogens with one attached hydrogen (secondary N) is 1. The van der Waals surface area contributed by atoms with Crippen molar-refractivity contribution in [1.29, 1.82) is 0 Å². The molecule has 0 spiro atoms. The lowest BCUT2D eigenvalue weighted by Crippen LogP contribution is -2.37. The van der Waals surface area contributed by atoms with Crippen LogP contribution in [0.25, 0.3) is 0 Å². The number of guanidine groups is 1. The summed E-state index contributed by atoms with van der Waals surface area (Å²) in [6.45, 7) is 6.77. The van der Waals surface area contributed by atoms with Crippen molar-refractivity contribution < 1.29 is 4.74 Å². The maximum Gasteiger partial charge on any atom is 0.188 e. The van der Waals surface area contributed by atoms with E-state index in [1.807, 2.05) is 0 Å². The molecule has 22 heavy (non-hydrogen) atoms. The first-order chi connectivity index (χ1) is 10.8. The van der Waals surface area contributed by atoms with Gasteiger partial charge in [0, 0.05) is 32.7 Å². The fraction of sp³-hybridized carbons (Fsp3) is 0.941. The quantitative estimate of drug-likeness (QED) is 0.424. The molecule has 0 aromatic rings. The van der Waals surface area contributed by atoms with Crippen LogP contribution in [0.5, 0.6) is 0 Å². The molecule has 1 saturated heterocycles. The molecule has 2 bridgehead atoms. The van der Waals surface area contributed by atoms with Crippen LogP contribution in [-0.2, 0) is 4.74 Å². The van der Waals surface area contributed by atoms with Crippen LogP contribution in [0.1, 0.15) is 38.5 Å². The Morgan fingerprint density at radius 3 is 2.82 bits per heavy atom. The summed E-state index contributed by atoms with van der Waals surface area (Å²) in [5.41, 5.74) is 5.96. The van der Waals surface area contributed by atoms with Gasteiger partial charge in [-0.1, -0.05) is 6.42 Å². The fourth-order valence-corrected chi connectivity index (χ4v) is 4.49. The normalized spacial score (nSPS) is 32.5. The topological polar surface area (TPSA) is 62.9 Å². The SMILES string of the molecule is NC(=NCCCN1CCOCC1)NCCC1CC2CCC1C2. The van der Waals surface area contributed by atoms with E-state index in [1.165, 1.54) is 32.1 Å². The summed E-state index contributed by atoms with van der Waals surface area (Å²) in [5, 5.41) is 3.30. The third-order valence-electron chi connectivity index (χ3n) is 5.72. The van der Waals surface area contributed by atoms with E-state index in [9.17, 15) is 0 Å². The van der Waals surface area contributed by atoms with Gasteiger partial charge in [-0.15, -0.1) is 0 Å². The molecule has 0 aromatic carbocycles. The van der Waals surface area contributed by atoms with Crippen LogP contribution in [0, 0.1) is 17.8 Å². The molecular formula is C17H32N4O. The summed E-state index contributed by atoms with van der Waals surface area (Å²) in [4.78, 5) is 6.89. The first kappa shape index (κ1) is 16.1. The van der Waals surface area contributed by atoms with Crippen LogP contribution < -0.4 is 11.1 Å². The highest BCUT2D eigenvalue weighted by Gasteiger charge is 2.38. The van der Waals surface area contributed by atoms with Crippen LogP contribution in [0.4, 0.5) is 0 Å². The summed E-state index contributed by atoms with van der Waals surface area (Å²) in [5.74, 6) is 3.63. The van der Waals surface area contributed by atoms with Crippen molar-refractivity contribution in [3.63, 3.8) is 0 Å². The van der Waals surface area contributed by atoms with Crippen LogP contribution in [0.2, 0.25) is 0 Å². The Morgan fingerprint density at radius 2 is 2.09 bits per heavy atom. The zero-order chi connectivity index (χ0) is 15.2. The predicted molar refractivity (Wildman–Crippen MR) is 89.9 cm³/mol. The molecule has 0 radical (unpaired) electrons. The minimum Gasteiger partial charge on any atom is -0.379 e. The molecule has 5 nitrogen and oxygen atoms in total. The van der Waals surface area contributed by atoms with Crippen molar-refractivity contribution in [1.82, 2.24) is 10.2 Å². The van der Waals surface area contributed by atoms with Crippen LogP contribution >= 0.6 is 0 Å². The minimum absolute atomic E-state index is 0.630. The Hall–Kier alpha value is -0.810. The molecule has 5 heteroatoms. The standard InChI is InChI=1S/C17H32N4O/c18-17(19-5-1-7-21-8-10-22-11-9-21)20-6-4-16-13-14-2-3-15(16)12-14/h14-16H,1-13H2,(H3,18,19,20). The molecule has 1 aliphatic heterocycles. The zero-order valence-corrected chi connectivity index (χ0v) is 13.8. The molecular weight excluding hydrogens is 276 g/mol. The van der Waals surface area contributed by atoms with E-state index in [0.29, 0.717) is 5.96 Å². The number of fused-ring (bicyclic) bond motifs is 2. The van der Waals surface area contributed by atoms with E-state index in [0.717, 1.165) is 70.1 Å². The number of ether oxygens (including phenoxy) is 1. The molecule has 3 fully saturated rings. The monoisotopic (exact) mass is 308 g/mol. The van der Waals surface area contributed by atoms with Crippen LogP contribution in [-0.4, -0.2) is 56.8 Å². The van der Waals surface area contributed by atoms with Gasteiger partial charge in [0.15, 0.2) is 5.96 Å². The third kappa shape index (κ3) is 4.59. The Kier molecular flexibility index (Phi) is 5.96. The number of hydrogen-bond donors (Lipinski definition) is 2. The fourth-order valence-electron chi connectivity index (χ4n) is 4.49. The Labute approximate surface area is 134 Å². The number of hydrogen-bond acceptors (Lipinski definition) is 3. The van der Waals surface area contributed by atoms with Gasteiger partial charge < -0.3 is 15.8 Å². The third-order valence-corrected chi connectivity index (χ3v) is 5.72. The molecule has 2 saturated carbocycles. The van der Waals surface area contributed by atoms with E-state index in [-0.39, 0.29) is 0 Å². The first-order valence-electron chi connectivity index (χ1n) is 9.15. The maximum absolute atomic E-state index is 5.96. The highest BCUT2D eigenvalue weighted by molar-refractivity contribution is 5.77. The average Bonchev–Trinajstić information content (AvgIpc) is 3.15. The van der Waals surface area contributed by atoms with E-state index in [1.54, 1.807) is 0 Å². The smallest absolute Gasteiger partial charge is 0.188 e. The van der Waals surface area contributed by atoms with Gasteiger partial charge >= 0.3 is 0 Å². The van der Waals surface area contributed by atoms with Crippen molar-refractivity contribution >= 4 is 5.96 Å². The van der Waals surface area contributed by atoms with E-state index in [2.05, 4.69) is 15.2 Å². The Bertz CT molecular complexity index is 368. The van der Waals surface area contributed by atoms with Crippen molar-refractivity contribution in [2.24, 2.45) is 28.5 Å². The van der Waals surface area contributed by atoms with Gasteiger partial charge in [0.25, 0.3) is 0 Å². The van der Waals surface area contributed by atoms with Gasteiger partial charge in [-0.05, 0) is 49.9 Å². The number of nitrogens with two attached hydrogens (primary N) is 1. The Balaban J connectivity index is 1.23. The molecule has 126 valence electrons. The van der Waals surface area contributed by atoms with E-state index in [4.69, 9.17) is 10.5 Å². The van der Waals surface area contributed by atoms with Crippen LogP contribution in [0.15, 0.2) is 4.99 Å². The van der Waals surface area contributed by atoms with Crippen molar-refractivity contribution in [3.8, 4) is 0 Å². The highest BCUT2D eigenvalue weighted by atomic mass is 16.5. The zero-order valence-electron chi connectivity index (χ0n) is 13.8. The maximum atomic E-state index is 5.96. The van der Waals surface area contributed by atoms with Crippen LogP contribution in [0.3, 0.4) is 0 Å². The molecule has 0 amide bonds. The van der Waals surface area contributed by atoms with Gasteiger partial charge in [-0.25, -0.2) is 0 Å². The number of rotatable bonds is 7. The van der Waals surface area contributed by atoms with Gasteiger partial charge in [-0.2, -0.15) is 0 Å². The highest BCUT2D eigenvalue weighted by Crippen LogP contribution is 2.49.